The highest BCUT2D eigenvalue weighted by Gasteiger charge is 2.29. The van der Waals surface area contributed by atoms with Gasteiger partial charge in [-0.25, -0.2) is 14.1 Å². The number of hydrogen-bond acceptors (Lipinski definition) is 7. The fraction of sp³-hybridized carbons (Fsp3) is 0.500. The average molecular weight is 601 g/mol. The van der Waals surface area contributed by atoms with Gasteiger partial charge in [0, 0.05) is 59.8 Å². The first kappa shape index (κ1) is 30.0. The number of rotatable bonds is 8. The van der Waals surface area contributed by atoms with Gasteiger partial charge in [0.1, 0.15) is 13.2 Å². The van der Waals surface area contributed by atoms with Crippen molar-refractivity contribution in [3.63, 3.8) is 0 Å². The first-order chi connectivity index (χ1) is 21.5. The number of nitrogens with one attached hydrogen (secondary N) is 2. The van der Waals surface area contributed by atoms with Gasteiger partial charge in [0.15, 0.2) is 5.82 Å². The van der Waals surface area contributed by atoms with Crippen molar-refractivity contribution in [2.45, 2.75) is 72.1 Å². The molecular formula is C34H44N6O4. The monoisotopic (exact) mass is 600 g/mol. The number of carbonyl (C=O) groups is 2. The summed E-state index contributed by atoms with van der Waals surface area (Å²) in [4.78, 5) is 29.8. The molecule has 2 aromatic carbocycles. The lowest BCUT2D eigenvalue weighted by atomic mass is 9.98. The standard InChI is InChI=1S/C34H44N6O4/c1-4-35-33(41)43-21-29-23(3)40-31(30(29)22-44-34(42)36-5-2)27-19-24-11-7-8-12-25(24)20-28(27)32(37-40)39-17-13-26(14-18-39)38-15-9-6-10-16-38/h7-8,11-12,19-20,26H,4-6,9-10,13-18,21-22H2,1-3H3,(H,35,41)(H,36,42). The number of carbonyl (C=O) groups excluding carboxylic acids is 2. The topological polar surface area (TPSA) is 100 Å². The van der Waals surface area contributed by atoms with E-state index in [1.807, 2.05) is 31.4 Å². The molecule has 2 aromatic heterocycles. The van der Waals surface area contributed by atoms with Crippen LogP contribution in [0.5, 0.6) is 0 Å². The molecule has 6 rings (SSSR count). The van der Waals surface area contributed by atoms with E-state index < -0.39 is 12.2 Å². The molecule has 10 heteroatoms. The van der Waals surface area contributed by atoms with Crippen LogP contribution in [-0.4, -0.2) is 72.0 Å². The van der Waals surface area contributed by atoms with Gasteiger partial charge in [-0.1, -0.05) is 30.7 Å². The van der Waals surface area contributed by atoms with Crippen molar-refractivity contribution >= 4 is 45.1 Å². The van der Waals surface area contributed by atoms with Gasteiger partial charge in [-0.3, -0.25) is 0 Å². The minimum Gasteiger partial charge on any atom is -0.445 e. The second-order valence-electron chi connectivity index (χ2n) is 11.9. The summed E-state index contributed by atoms with van der Waals surface area (Å²) in [5.41, 5.74) is 3.32. The van der Waals surface area contributed by atoms with Crippen LogP contribution in [0, 0.1) is 6.92 Å². The Labute approximate surface area is 258 Å². The summed E-state index contributed by atoms with van der Waals surface area (Å²) in [6.45, 7) is 11.0. The molecule has 0 atom stereocenters. The van der Waals surface area contributed by atoms with Gasteiger partial charge in [-0.05, 0) is 82.4 Å². The van der Waals surface area contributed by atoms with Crippen molar-refractivity contribution in [3.8, 4) is 0 Å². The third-order valence-electron chi connectivity index (χ3n) is 9.20. The Bertz CT molecular complexity index is 1650. The Hall–Kier alpha value is -4.05. The Balaban J connectivity index is 1.46. The number of anilines is 1. The van der Waals surface area contributed by atoms with Crippen molar-refractivity contribution in [1.82, 2.24) is 25.1 Å². The second-order valence-corrected chi connectivity index (χ2v) is 11.9. The first-order valence-corrected chi connectivity index (χ1v) is 16.1. The molecule has 0 radical (unpaired) electrons. The molecule has 2 saturated heterocycles. The molecule has 2 N–H and O–H groups in total. The minimum absolute atomic E-state index is 0.0292. The Morgan fingerprint density at radius 2 is 1.43 bits per heavy atom. The summed E-state index contributed by atoms with van der Waals surface area (Å²) >= 11 is 0. The number of nitrogens with zero attached hydrogens (tertiary/aromatic N) is 4. The third kappa shape index (κ3) is 6.00. The summed E-state index contributed by atoms with van der Waals surface area (Å²) in [5, 5.41) is 15.1. The Kier molecular flexibility index (Phi) is 9.07. The lowest BCUT2D eigenvalue weighted by Gasteiger charge is -2.40. The zero-order valence-electron chi connectivity index (χ0n) is 26.2. The number of ether oxygens (including phenoxy) is 2. The molecule has 0 spiro atoms. The van der Waals surface area contributed by atoms with Crippen LogP contribution in [0.25, 0.3) is 27.1 Å². The summed E-state index contributed by atoms with van der Waals surface area (Å²) in [7, 11) is 0. The predicted molar refractivity (Wildman–Crippen MR) is 173 cm³/mol. The molecule has 0 unspecified atom stereocenters. The minimum atomic E-state index is -0.490. The van der Waals surface area contributed by atoms with Crippen LogP contribution in [0.1, 0.15) is 62.8 Å². The van der Waals surface area contributed by atoms with Crippen LogP contribution in [0.15, 0.2) is 36.4 Å². The average Bonchev–Trinajstić information content (AvgIpc) is 3.32. The highest BCUT2D eigenvalue weighted by atomic mass is 16.6. The normalized spacial score (nSPS) is 16.5. The maximum Gasteiger partial charge on any atom is 0.407 e. The van der Waals surface area contributed by atoms with Crippen molar-refractivity contribution in [3.05, 3.63) is 53.2 Å². The molecule has 2 aliphatic heterocycles. The molecule has 234 valence electrons. The summed E-state index contributed by atoms with van der Waals surface area (Å²) in [6.07, 6.45) is 5.23. The van der Waals surface area contributed by atoms with Crippen LogP contribution in [0.3, 0.4) is 0 Å². The fourth-order valence-electron chi connectivity index (χ4n) is 6.93. The summed E-state index contributed by atoms with van der Waals surface area (Å²) in [5.74, 6) is 0.959. The van der Waals surface area contributed by atoms with Gasteiger partial charge in [0.25, 0.3) is 0 Å². The number of likely N-dealkylation sites (tertiary alicyclic amines) is 1. The SMILES string of the molecule is CCNC(=O)OCc1c(COC(=O)NCC)c2c3cc4ccccc4cc3c(N3CCC(N4CCCCC4)CC3)nn2c1C. The number of alkyl carbamates (subject to hydrolysis) is 2. The lowest BCUT2D eigenvalue weighted by molar-refractivity contribution is 0.132. The Morgan fingerprint density at radius 3 is 2.05 bits per heavy atom. The summed E-state index contributed by atoms with van der Waals surface area (Å²) in [6, 6.07) is 13.5. The van der Waals surface area contributed by atoms with Gasteiger partial charge in [0.05, 0.1) is 5.52 Å². The number of hydrogen-bond donors (Lipinski definition) is 2. The van der Waals surface area contributed by atoms with Crippen LogP contribution in [-0.2, 0) is 22.7 Å². The number of aryl methyl sites for hydroxylation is 1. The molecule has 2 aliphatic rings. The van der Waals surface area contributed by atoms with E-state index in [1.165, 1.54) is 32.4 Å². The molecule has 10 nitrogen and oxygen atoms in total. The smallest absolute Gasteiger partial charge is 0.407 e. The summed E-state index contributed by atoms with van der Waals surface area (Å²) < 4.78 is 13.3. The molecule has 0 bridgehead atoms. The number of amides is 2. The molecular weight excluding hydrogens is 556 g/mol. The van der Waals surface area contributed by atoms with Crippen molar-refractivity contribution in [1.29, 1.82) is 0 Å². The predicted octanol–water partition coefficient (Wildman–Crippen LogP) is 5.90. The van der Waals surface area contributed by atoms with Gasteiger partial charge in [-0.2, -0.15) is 0 Å². The van der Waals surface area contributed by atoms with Gasteiger partial charge in [0.2, 0.25) is 0 Å². The number of piperidine rings is 2. The van der Waals surface area contributed by atoms with Crippen molar-refractivity contribution in [2.24, 2.45) is 0 Å². The zero-order valence-corrected chi connectivity index (χ0v) is 26.2. The van der Waals surface area contributed by atoms with Crippen molar-refractivity contribution < 1.29 is 19.1 Å². The third-order valence-corrected chi connectivity index (χ3v) is 9.20. The van der Waals surface area contributed by atoms with Gasteiger partial charge >= 0.3 is 12.2 Å². The molecule has 44 heavy (non-hydrogen) atoms. The van der Waals surface area contributed by atoms with E-state index >= 15 is 0 Å². The van der Waals surface area contributed by atoms with Gasteiger partial charge < -0.3 is 29.9 Å². The quantitative estimate of drug-likeness (QED) is 0.243. The maximum atomic E-state index is 12.4. The highest BCUT2D eigenvalue weighted by Crippen LogP contribution is 2.38. The van der Waals surface area contributed by atoms with E-state index in [0.29, 0.717) is 19.1 Å². The largest absolute Gasteiger partial charge is 0.445 e. The van der Waals surface area contributed by atoms with Crippen LogP contribution in [0.4, 0.5) is 15.4 Å². The van der Waals surface area contributed by atoms with E-state index in [1.54, 1.807) is 0 Å². The second kappa shape index (κ2) is 13.3. The molecule has 0 aliphatic carbocycles. The number of benzene rings is 2. The fourth-order valence-corrected chi connectivity index (χ4v) is 6.93. The van der Waals surface area contributed by atoms with Gasteiger partial charge in [-0.15, -0.1) is 5.10 Å². The van der Waals surface area contributed by atoms with E-state index in [4.69, 9.17) is 14.6 Å². The van der Waals surface area contributed by atoms with Crippen LogP contribution < -0.4 is 15.5 Å². The van der Waals surface area contributed by atoms with E-state index in [-0.39, 0.29) is 13.2 Å². The number of aromatic nitrogens is 2. The highest BCUT2D eigenvalue weighted by molar-refractivity contribution is 6.10. The maximum absolute atomic E-state index is 12.4. The lowest BCUT2D eigenvalue weighted by Crippen LogP contribution is -2.47. The first-order valence-electron chi connectivity index (χ1n) is 16.1. The van der Waals surface area contributed by atoms with Crippen LogP contribution >= 0.6 is 0 Å². The molecule has 2 amide bonds. The molecule has 4 heterocycles. The van der Waals surface area contributed by atoms with Crippen molar-refractivity contribution in [2.75, 3.05) is 44.2 Å². The van der Waals surface area contributed by atoms with E-state index in [9.17, 15) is 9.59 Å². The van der Waals surface area contributed by atoms with Crippen LogP contribution in [0.2, 0.25) is 0 Å². The van der Waals surface area contributed by atoms with E-state index in [0.717, 1.165) is 75.6 Å². The molecule has 4 aromatic rings. The Morgan fingerprint density at radius 1 is 0.841 bits per heavy atom. The zero-order chi connectivity index (χ0) is 30.6. The van der Waals surface area contributed by atoms with E-state index in [2.05, 4.69) is 50.8 Å². The molecule has 0 saturated carbocycles. The number of fused-ring (bicyclic) bond motifs is 4. The molecule has 2 fully saturated rings.